The summed E-state index contributed by atoms with van der Waals surface area (Å²) >= 11 is 0. The second-order valence-corrected chi connectivity index (χ2v) is 6.99. The van der Waals surface area contributed by atoms with Crippen LogP contribution in [0.4, 0.5) is 21.9 Å². The predicted octanol–water partition coefficient (Wildman–Crippen LogP) is 2.51. The van der Waals surface area contributed by atoms with Crippen LogP contribution in [0.3, 0.4) is 0 Å². The monoisotopic (exact) mass is 409 g/mol. The van der Waals surface area contributed by atoms with Gasteiger partial charge in [0.15, 0.2) is 0 Å². The van der Waals surface area contributed by atoms with E-state index in [9.17, 15) is 14.4 Å². The normalized spacial score (nSPS) is 13.5. The summed E-state index contributed by atoms with van der Waals surface area (Å²) in [4.78, 5) is 39.9. The van der Waals surface area contributed by atoms with Gasteiger partial charge in [-0.3, -0.25) is 9.59 Å². The standard InChI is InChI=1S/C22H27N5O3/c1-2-20(28)24-17-8-10-18(11-9-17)25-22(30)23-16-21(29)27-14-12-26(13-15-27)19-6-4-3-5-7-19/h3-11H,2,12-16H2,1H3,(H,24,28)(H2,23,25,30). The zero-order chi connectivity index (χ0) is 21.3. The number of urea groups is 1. The Bertz CT molecular complexity index is 862. The molecule has 8 nitrogen and oxygen atoms in total. The van der Waals surface area contributed by atoms with E-state index >= 15 is 0 Å². The first-order valence-corrected chi connectivity index (χ1v) is 10.1. The molecule has 1 aliphatic rings. The fourth-order valence-corrected chi connectivity index (χ4v) is 3.18. The van der Waals surface area contributed by atoms with Crippen LogP contribution in [0.1, 0.15) is 13.3 Å². The fraction of sp³-hybridized carbons (Fsp3) is 0.318. The summed E-state index contributed by atoms with van der Waals surface area (Å²) in [6, 6.07) is 16.5. The lowest BCUT2D eigenvalue weighted by molar-refractivity contribution is -0.130. The molecule has 4 amide bonds. The van der Waals surface area contributed by atoms with Crippen molar-refractivity contribution in [1.82, 2.24) is 10.2 Å². The number of benzene rings is 2. The second kappa shape index (κ2) is 10.3. The van der Waals surface area contributed by atoms with E-state index in [-0.39, 0.29) is 18.4 Å². The Labute approximate surface area is 176 Å². The van der Waals surface area contributed by atoms with Gasteiger partial charge in [-0.1, -0.05) is 25.1 Å². The third kappa shape index (κ3) is 5.97. The highest BCUT2D eigenvalue weighted by Gasteiger charge is 2.21. The minimum Gasteiger partial charge on any atom is -0.368 e. The van der Waals surface area contributed by atoms with Crippen molar-refractivity contribution in [3.8, 4) is 0 Å². The van der Waals surface area contributed by atoms with Crippen LogP contribution in [0.15, 0.2) is 54.6 Å². The highest BCUT2D eigenvalue weighted by Crippen LogP contribution is 2.16. The number of amides is 4. The van der Waals surface area contributed by atoms with Gasteiger partial charge in [-0.25, -0.2) is 4.79 Å². The van der Waals surface area contributed by atoms with E-state index in [1.807, 2.05) is 18.2 Å². The van der Waals surface area contributed by atoms with Crippen LogP contribution in [0, 0.1) is 0 Å². The first kappa shape index (κ1) is 21.2. The molecule has 0 aliphatic carbocycles. The van der Waals surface area contributed by atoms with Crippen molar-refractivity contribution in [2.24, 2.45) is 0 Å². The maximum absolute atomic E-state index is 12.4. The fourth-order valence-electron chi connectivity index (χ4n) is 3.18. The van der Waals surface area contributed by atoms with Gasteiger partial charge in [0.1, 0.15) is 0 Å². The zero-order valence-electron chi connectivity index (χ0n) is 17.1. The molecule has 30 heavy (non-hydrogen) atoms. The highest BCUT2D eigenvalue weighted by molar-refractivity contribution is 5.93. The summed E-state index contributed by atoms with van der Waals surface area (Å²) in [6.07, 6.45) is 0.401. The van der Waals surface area contributed by atoms with Crippen molar-refractivity contribution in [3.05, 3.63) is 54.6 Å². The molecule has 0 aromatic heterocycles. The number of hydrogen-bond acceptors (Lipinski definition) is 4. The summed E-state index contributed by atoms with van der Waals surface area (Å²) in [5, 5.41) is 8.03. The number of piperazine rings is 1. The van der Waals surface area contributed by atoms with Gasteiger partial charge in [0.05, 0.1) is 6.54 Å². The highest BCUT2D eigenvalue weighted by atomic mass is 16.2. The Balaban J connectivity index is 1.39. The van der Waals surface area contributed by atoms with Crippen LogP contribution < -0.4 is 20.9 Å². The molecule has 3 N–H and O–H groups in total. The number of nitrogens with zero attached hydrogens (tertiary/aromatic N) is 2. The van der Waals surface area contributed by atoms with Crippen LogP contribution in [-0.2, 0) is 9.59 Å². The Morgan fingerprint density at radius 1 is 0.833 bits per heavy atom. The third-order valence-corrected chi connectivity index (χ3v) is 4.90. The predicted molar refractivity (Wildman–Crippen MR) is 118 cm³/mol. The summed E-state index contributed by atoms with van der Waals surface area (Å²) < 4.78 is 0. The largest absolute Gasteiger partial charge is 0.368 e. The van der Waals surface area contributed by atoms with Gasteiger partial charge in [0, 0.05) is 49.7 Å². The van der Waals surface area contributed by atoms with Crippen molar-refractivity contribution in [1.29, 1.82) is 0 Å². The molecule has 8 heteroatoms. The number of carbonyl (C=O) groups excluding carboxylic acids is 3. The summed E-state index contributed by atoms with van der Waals surface area (Å²) in [7, 11) is 0. The average Bonchev–Trinajstić information content (AvgIpc) is 2.79. The molecule has 1 saturated heterocycles. The Hall–Kier alpha value is -3.55. The van der Waals surface area contributed by atoms with Crippen LogP contribution in [0.5, 0.6) is 0 Å². The van der Waals surface area contributed by atoms with Crippen LogP contribution in [-0.4, -0.2) is 55.5 Å². The molecule has 0 unspecified atom stereocenters. The molecule has 2 aromatic carbocycles. The van der Waals surface area contributed by atoms with E-state index in [1.54, 1.807) is 36.1 Å². The molecule has 1 heterocycles. The molecule has 0 radical (unpaired) electrons. The van der Waals surface area contributed by atoms with E-state index in [0.29, 0.717) is 30.9 Å². The van der Waals surface area contributed by atoms with Gasteiger partial charge in [-0.05, 0) is 36.4 Å². The quantitative estimate of drug-likeness (QED) is 0.683. The Kier molecular flexibility index (Phi) is 7.26. The lowest BCUT2D eigenvalue weighted by Gasteiger charge is -2.36. The first-order chi connectivity index (χ1) is 14.5. The second-order valence-electron chi connectivity index (χ2n) is 6.99. The van der Waals surface area contributed by atoms with Crippen molar-refractivity contribution in [3.63, 3.8) is 0 Å². The smallest absolute Gasteiger partial charge is 0.319 e. The Morgan fingerprint density at radius 3 is 2.03 bits per heavy atom. The van der Waals surface area contributed by atoms with E-state index in [1.165, 1.54) is 0 Å². The molecular formula is C22H27N5O3. The number of hydrogen-bond donors (Lipinski definition) is 3. The van der Waals surface area contributed by atoms with Gasteiger partial charge in [0.2, 0.25) is 11.8 Å². The number of para-hydroxylation sites is 1. The van der Waals surface area contributed by atoms with E-state index in [2.05, 4.69) is 33.0 Å². The minimum atomic E-state index is -0.448. The number of nitrogens with one attached hydrogen (secondary N) is 3. The number of rotatable bonds is 6. The average molecular weight is 409 g/mol. The number of carbonyl (C=O) groups is 3. The lowest BCUT2D eigenvalue weighted by atomic mass is 10.2. The van der Waals surface area contributed by atoms with Gasteiger partial charge in [-0.15, -0.1) is 0 Å². The molecule has 0 spiro atoms. The van der Waals surface area contributed by atoms with Crippen molar-refractivity contribution in [2.75, 3.05) is 48.3 Å². The van der Waals surface area contributed by atoms with Gasteiger partial charge in [-0.2, -0.15) is 0 Å². The molecule has 158 valence electrons. The molecule has 1 aliphatic heterocycles. The first-order valence-electron chi connectivity index (χ1n) is 10.1. The maximum atomic E-state index is 12.4. The molecule has 0 saturated carbocycles. The summed E-state index contributed by atoms with van der Waals surface area (Å²) in [5.41, 5.74) is 2.39. The van der Waals surface area contributed by atoms with Crippen molar-refractivity contribution in [2.45, 2.75) is 13.3 Å². The van der Waals surface area contributed by atoms with Crippen molar-refractivity contribution < 1.29 is 14.4 Å². The van der Waals surface area contributed by atoms with Gasteiger partial charge < -0.3 is 25.8 Å². The zero-order valence-corrected chi connectivity index (χ0v) is 17.1. The number of anilines is 3. The van der Waals surface area contributed by atoms with Crippen LogP contribution >= 0.6 is 0 Å². The third-order valence-electron chi connectivity index (χ3n) is 4.90. The Morgan fingerprint density at radius 2 is 1.43 bits per heavy atom. The maximum Gasteiger partial charge on any atom is 0.319 e. The van der Waals surface area contributed by atoms with Crippen LogP contribution in [0.2, 0.25) is 0 Å². The lowest BCUT2D eigenvalue weighted by Crippen LogP contribution is -2.51. The van der Waals surface area contributed by atoms with Crippen molar-refractivity contribution >= 4 is 34.9 Å². The molecule has 1 fully saturated rings. The molecule has 3 rings (SSSR count). The molecule has 0 atom stereocenters. The van der Waals surface area contributed by atoms with Crippen LogP contribution in [0.25, 0.3) is 0 Å². The summed E-state index contributed by atoms with van der Waals surface area (Å²) in [5.74, 6) is -0.174. The molecular weight excluding hydrogens is 382 g/mol. The van der Waals surface area contributed by atoms with E-state index < -0.39 is 6.03 Å². The SMILES string of the molecule is CCC(=O)Nc1ccc(NC(=O)NCC(=O)N2CCN(c3ccccc3)CC2)cc1. The van der Waals surface area contributed by atoms with E-state index in [0.717, 1.165) is 18.8 Å². The van der Waals surface area contributed by atoms with E-state index in [4.69, 9.17) is 0 Å². The van der Waals surface area contributed by atoms with Gasteiger partial charge >= 0.3 is 6.03 Å². The minimum absolute atomic E-state index is 0.0538. The summed E-state index contributed by atoms with van der Waals surface area (Å²) in [6.45, 7) is 4.51. The van der Waals surface area contributed by atoms with Gasteiger partial charge in [0.25, 0.3) is 0 Å². The molecule has 2 aromatic rings. The molecule has 0 bridgehead atoms. The topological polar surface area (TPSA) is 93.8 Å².